The monoisotopic (exact) mass is 378 g/mol. The maximum atomic E-state index is 13.5. The van der Waals surface area contributed by atoms with Crippen molar-refractivity contribution in [2.75, 3.05) is 11.9 Å². The topological polar surface area (TPSA) is 32.3 Å². The van der Waals surface area contributed by atoms with Crippen molar-refractivity contribution in [1.82, 2.24) is 4.90 Å². The number of hydrogen-bond acceptors (Lipinski definition) is 1. The number of aryl methyl sites for hydroxylation is 1. The van der Waals surface area contributed by atoms with Crippen LogP contribution in [0.1, 0.15) is 23.1 Å². The van der Waals surface area contributed by atoms with E-state index in [0.717, 1.165) is 10.5 Å². The molecule has 27 heavy (non-hydrogen) atoms. The molecule has 0 saturated heterocycles. The van der Waals surface area contributed by atoms with E-state index in [-0.39, 0.29) is 6.42 Å². The number of nitrogens with one attached hydrogen (secondary N) is 1. The number of benzene rings is 2. The highest BCUT2D eigenvalue weighted by molar-refractivity contribution is 5.94. The van der Waals surface area contributed by atoms with Crippen molar-refractivity contribution >= 4 is 11.7 Å². The van der Waals surface area contributed by atoms with Gasteiger partial charge in [-0.25, -0.2) is 9.18 Å². The van der Waals surface area contributed by atoms with Gasteiger partial charge in [0.05, 0.1) is 0 Å². The summed E-state index contributed by atoms with van der Waals surface area (Å²) in [7, 11) is 0. The van der Waals surface area contributed by atoms with Crippen LogP contribution in [0.15, 0.2) is 55.1 Å². The Labute approximate surface area is 154 Å². The summed E-state index contributed by atoms with van der Waals surface area (Å²) < 4.78 is 53.5. The number of nitrogens with zero attached hydrogens (tertiary/aromatic N) is 1. The molecule has 0 spiro atoms. The van der Waals surface area contributed by atoms with E-state index in [1.165, 1.54) is 30.3 Å². The second-order valence-corrected chi connectivity index (χ2v) is 6.54. The number of anilines is 1. The Kier molecular flexibility index (Phi) is 4.71. The van der Waals surface area contributed by atoms with Crippen LogP contribution in [0.3, 0.4) is 0 Å². The minimum atomic E-state index is -4.61. The van der Waals surface area contributed by atoms with E-state index < -0.39 is 30.1 Å². The van der Waals surface area contributed by atoms with Crippen LogP contribution >= 0.6 is 0 Å². The van der Waals surface area contributed by atoms with Crippen LogP contribution < -0.4 is 5.32 Å². The Morgan fingerprint density at radius 1 is 1.19 bits per heavy atom. The molecule has 1 N–H and O–H groups in total. The van der Waals surface area contributed by atoms with Crippen molar-refractivity contribution in [2.45, 2.75) is 25.1 Å². The first-order valence-corrected chi connectivity index (χ1v) is 8.31. The van der Waals surface area contributed by atoms with Gasteiger partial charge in [0, 0.05) is 11.3 Å². The second-order valence-electron chi connectivity index (χ2n) is 6.54. The quantitative estimate of drug-likeness (QED) is 0.564. The molecule has 0 saturated carbocycles. The average Bonchev–Trinajstić information content (AvgIpc) is 2.58. The molecule has 0 bridgehead atoms. The normalized spacial score (nSPS) is 19.4. The van der Waals surface area contributed by atoms with Gasteiger partial charge in [-0.1, -0.05) is 35.9 Å². The third-order valence-electron chi connectivity index (χ3n) is 4.67. The van der Waals surface area contributed by atoms with Gasteiger partial charge >= 0.3 is 12.2 Å². The molecular weight excluding hydrogens is 360 g/mol. The van der Waals surface area contributed by atoms with E-state index >= 15 is 0 Å². The smallest absolute Gasteiger partial charge is 0.307 e. The zero-order chi connectivity index (χ0) is 19.8. The Hall–Kier alpha value is -2.83. The molecule has 0 aromatic heterocycles. The van der Waals surface area contributed by atoms with Crippen LogP contribution in [0, 0.1) is 12.7 Å². The van der Waals surface area contributed by atoms with Gasteiger partial charge in [0.1, 0.15) is 17.9 Å². The average molecular weight is 378 g/mol. The van der Waals surface area contributed by atoms with Gasteiger partial charge in [0.25, 0.3) is 0 Å². The van der Waals surface area contributed by atoms with E-state index in [1.54, 1.807) is 18.2 Å². The fourth-order valence-corrected chi connectivity index (χ4v) is 3.58. The number of carbonyl (C=O) groups excluding carboxylic acids is 1. The van der Waals surface area contributed by atoms with Crippen molar-refractivity contribution in [3.8, 4) is 0 Å². The molecule has 3 nitrogen and oxygen atoms in total. The van der Waals surface area contributed by atoms with Gasteiger partial charge in [-0.3, -0.25) is 0 Å². The largest absolute Gasteiger partial charge is 0.406 e. The van der Waals surface area contributed by atoms with Gasteiger partial charge in [-0.05, 0) is 37.1 Å². The van der Waals surface area contributed by atoms with E-state index in [9.17, 15) is 22.4 Å². The summed E-state index contributed by atoms with van der Waals surface area (Å²) in [6.07, 6.45) is -3.10. The van der Waals surface area contributed by atoms with Crippen LogP contribution in [0.4, 0.5) is 28.0 Å². The third-order valence-corrected chi connectivity index (χ3v) is 4.67. The standard InChI is InChI=1S/C20H18F4N2O/c1-3-10-19(14-5-7-15(21)8-6-14)16-11-13(2)4-9-17(16)25-18(27)26(19)12-20(22,23)24/h3-9,11H,1,10,12H2,2H3,(H,25,27). The minimum absolute atomic E-state index is 0.0403. The molecule has 0 fully saturated rings. The van der Waals surface area contributed by atoms with Crippen LogP contribution in [-0.2, 0) is 5.54 Å². The van der Waals surface area contributed by atoms with Crippen molar-refractivity contribution in [3.05, 3.63) is 77.6 Å². The maximum Gasteiger partial charge on any atom is 0.406 e. The fourth-order valence-electron chi connectivity index (χ4n) is 3.58. The van der Waals surface area contributed by atoms with E-state index in [2.05, 4.69) is 11.9 Å². The summed E-state index contributed by atoms with van der Waals surface area (Å²) in [5.74, 6) is -0.514. The van der Waals surface area contributed by atoms with E-state index in [1.807, 2.05) is 6.92 Å². The highest BCUT2D eigenvalue weighted by Crippen LogP contribution is 2.47. The fraction of sp³-hybridized carbons (Fsp3) is 0.250. The van der Waals surface area contributed by atoms with Crippen molar-refractivity contribution in [2.24, 2.45) is 0 Å². The van der Waals surface area contributed by atoms with Gasteiger partial charge in [-0.15, -0.1) is 6.58 Å². The van der Waals surface area contributed by atoms with Crippen molar-refractivity contribution in [3.63, 3.8) is 0 Å². The summed E-state index contributed by atoms with van der Waals surface area (Å²) in [6, 6.07) is 9.47. The lowest BCUT2D eigenvalue weighted by atomic mass is 9.76. The molecule has 1 unspecified atom stereocenters. The van der Waals surface area contributed by atoms with E-state index in [0.29, 0.717) is 16.8 Å². The van der Waals surface area contributed by atoms with Crippen molar-refractivity contribution in [1.29, 1.82) is 0 Å². The molecule has 142 valence electrons. The second kappa shape index (κ2) is 6.72. The number of halogens is 4. The van der Waals surface area contributed by atoms with Crippen LogP contribution in [-0.4, -0.2) is 23.7 Å². The maximum absolute atomic E-state index is 13.5. The number of alkyl halides is 3. The summed E-state index contributed by atoms with van der Waals surface area (Å²) in [6.45, 7) is 4.05. The molecular formula is C20H18F4N2O. The summed E-state index contributed by atoms with van der Waals surface area (Å²) in [4.78, 5) is 13.4. The zero-order valence-corrected chi connectivity index (χ0v) is 14.6. The van der Waals surface area contributed by atoms with Gasteiger partial charge in [-0.2, -0.15) is 13.2 Å². The zero-order valence-electron chi connectivity index (χ0n) is 14.6. The molecule has 1 atom stereocenters. The molecule has 2 aromatic carbocycles. The number of amides is 2. The predicted molar refractivity (Wildman–Crippen MR) is 95.0 cm³/mol. The SMILES string of the molecule is C=CCC1(c2ccc(F)cc2)c2cc(C)ccc2NC(=O)N1CC(F)(F)F. The molecule has 1 heterocycles. The lowest BCUT2D eigenvalue weighted by molar-refractivity contribution is -0.148. The lowest BCUT2D eigenvalue weighted by Crippen LogP contribution is -2.57. The summed E-state index contributed by atoms with van der Waals surface area (Å²) >= 11 is 0. The molecule has 1 aliphatic heterocycles. The minimum Gasteiger partial charge on any atom is -0.307 e. The van der Waals surface area contributed by atoms with Crippen molar-refractivity contribution < 1.29 is 22.4 Å². The third kappa shape index (κ3) is 3.41. The lowest BCUT2D eigenvalue weighted by Gasteiger charge is -2.48. The Morgan fingerprint density at radius 3 is 2.44 bits per heavy atom. The molecule has 3 rings (SSSR count). The molecule has 0 radical (unpaired) electrons. The van der Waals surface area contributed by atoms with Gasteiger partial charge in [0.15, 0.2) is 0 Å². The number of urea groups is 1. The number of hydrogen-bond donors (Lipinski definition) is 1. The first-order valence-electron chi connectivity index (χ1n) is 8.31. The number of fused-ring (bicyclic) bond motifs is 1. The van der Waals surface area contributed by atoms with Crippen LogP contribution in [0.5, 0.6) is 0 Å². The molecule has 7 heteroatoms. The van der Waals surface area contributed by atoms with E-state index in [4.69, 9.17) is 0 Å². The van der Waals surface area contributed by atoms with Gasteiger partial charge in [0.2, 0.25) is 0 Å². The Balaban J connectivity index is 2.33. The Morgan fingerprint density at radius 2 is 1.85 bits per heavy atom. The summed E-state index contributed by atoms with van der Waals surface area (Å²) in [5.41, 5.74) is 0.699. The molecule has 2 amide bonds. The first kappa shape index (κ1) is 18.9. The highest BCUT2D eigenvalue weighted by Gasteiger charge is 2.50. The molecule has 2 aromatic rings. The first-order chi connectivity index (χ1) is 12.7. The summed E-state index contributed by atoms with van der Waals surface area (Å²) in [5, 5.41) is 2.53. The highest BCUT2D eigenvalue weighted by atomic mass is 19.4. The number of carbonyl (C=O) groups is 1. The number of rotatable bonds is 4. The van der Waals surface area contributed by atoms with Gasteiger partial charge < -0.3 is 10.2 Å². The predicted octanol–water partition coefficient (Wildman–Crippen LogP) is 5.36. The van der Waals surface area contributed by atoms with Crippen LogP contribution in [0.2, 0.25) is 0 Å². The molecule has 0 aliphatic carbocycles. The molecule has 1 aliphatic rings. The Bertz CT molecular complexity index is 877. The van der Waals surface area contributed by atoms with Crippen LogP contribution in [0.25, 0.3) is 0 Å².